The van der Waals surface area contributed by atoms with Gasteiger partial charge < -0.3 is 14.4 Å². The minimum Gasteiger partial charge on any atom is -0.342 e. The molecule has 1 aliphatic rings. The molecule has 0 N–H and O–H groups in total. The maximum absolute atomic E-state index is 12.9. The number of hydrogen-bond acceptors (Lipinski definition) is 7. The van der Waals surface area contributed by atoms with Crippen molar-refractivity contribution in [2.75, 3.05) is 45.5 Å². The van der Waals surface area contributed by atoms with E-state index in [-0.39, 0.29) is 17.5 Å². The molecule has 12 heteroatoms. The Balaban J connectivity index is 1.49. The SMILES string of the molecule is CCCN(CCCCN1CCCN(S(=O)(=O)c2cn(C)cn2)CC1=O)C(C)Cc1ccc(S(C)(=O)=O)cc1. The second-order valence-electron chi connectivity index (χ2n) is 10.2. The van der Waals surface area contributed by atoms with Crippen LogP contribution >= 0.6 is 0 Å². The summed E-state index contributed by atoms with van der Waals surface area (Å²) in [4.78, 5) is 21.4. The summed E-state index contributed by atoms with van der Waals surface area (Å²) in [5.74, 6) is -0.168. The highest BCUT2D eigenvalue weighted by Crippen LogP contribution is 2.18. The molecule has 0 aliphatic carbocycles. The summed E-state index contributed by atoms with van der Waals surface area (Å²) in [5.41, 5.74) is 1.10. The van der Waals surface area contributed by atoms with Crippen LogP contribution in [0.5, 0.6) is 0 Å². The van der Waals surface area contributed by atoms with Crippen LogP contribution in [0.15, 0.2) is 46.7 Å². The molecule has 1 unspecified atom stereocenters. The molecule has 2 aromatic rings. The number of sulfone groups is 1. The van der Waals surface area contributed by atoms with E-state index in [9.17, 15) is 21.6 Å². The van der Waals surface area contributed by atoms with Gasteiger partial charge in [-0.15, -0.1) is 0 Å². The van der Waals surface area contributed by atoms with Gasteiger partial charge in [0.15, 0.2) is 14.9 Å². The fourth-order valence-electron chi connectivity index (χ4n) is 4.79. The lowest BCUT2D eigenvalue weighted by atomic mass is 10.1. The number of unbranched alkanes of at least 4 members (excludes halogenated alkanes) is 1. The number of sulfonamides is 1. The fourth-order valence-corrected chi connectivity index (χ4v) is 6.81. The fraction of sp³-hybridized carbons (Fsp3) is 0.615. The van der Waals surface area contributed by atoms with Crippen LogP contribution in [0.25, 0.3) is 0 Å². The van der Waals surface area contributed by atoms with E-state index >= 15 is 0 Å². The second kappa shape index (κ2) is 13.2. The van der Waals surface area contributed by atoms with Gasteiger partial charge in [-0.3, -0.25) is 4.79 Å². The predicted molar refractivity (Wildman–Crippen MR) is 147 cm³/mol. The third kappa shape index (κ3) is 8.11. The maximum atomic E-state index is 12.9. The lowest BCUT2D eigenvalue weighted by Crippen LogP contribution is -2.40. The van der Waals surface area contributed by atoms with E-state index < -0.39 is 19.9 Å². The van der Waals surface area contributed by atoms with E-state index in [2.05, 4.69) is 23.7 Å². The van der Waals surface area contributed by atoms with Gasteiger partial charge in [0.2, 0.25) is 5.91 Å². The number of carbonyl (C=O) groups excluding carboxylic acids is 1. The molecule has 212 valence electrons. The van der Waals surface area contributed by atoms with E-state index in [1.165, 1.54) is 23.1 Å². The summed E-state index contributed by atoms with van der Waals surface area (Å²) >= 11 is 0. The van der Waals surface area contributed by atoms with E-state index in [1.807, 2.05) is 12.1 Å². The van der Waals surface area contributed by atoms with Crippen molar-refractivity contribution in [2.24, 2.45) is 7.05 Å². The first-order valence-electron chi connectivity index (χ1n) is 13.2. The van der Waals surface area contributed by atoms with Gasteiger partial charge in [-0.25, -0.2) is 21.8 Å². The Kier molecular flexibility index (Phi) is 10.5. The molecule has 38 heavy (non-hydrogen) atoms. The van der Waals surface area contributed by atoms with Crippen LogP contribution in [0.2, 0.25) is 0 Å². The summed E-state index contributed by atoms with van der Waals surface area (Å²) < 4.78 is 52.1. The molecule has 1 atom stereocenters. The van der Waals surface area contributed by atoms with Gasteiger partial charge in [0.25, 0.3) is 10.0 Å². The zero-order chi connectivity index (χ0) is 27.9. The van der Waals surface area contributed by atoms with Gasteiger partial charge in [0.05, 0.1) is 17.8 Å². The molecule has 1 aliphatic heterocycles. The van der Waals surface area contributed by atoms with Crippen LogP contribution < -0.4 is 0 Å². The number of carbonyl (C=O) groups is 1. The zero-order valence-electron chi connectivity index (χ0n) is 22.9. The molecule has 0 radical (unpaired) electrons. The van der Waals surface area contributed by atoms with Gasteiger partial charge in [-0.05, 0) is 69.8 Å². The minimum atomic E-state index is -3.79. The van der Waals surface area contributed by atoms with Crippen LogP contribution in [0.4, 0.5) is 0 Å². The first kappa shape index (κ1) is 30.3. The Morgan fingerprint density at radius 3 is 2.37 bits per heavy atom. The highest BCUT2D eigenvalue weighted by atomic mass is 32.2. The number of rotatable bonds is 13. The van der Waals surface area contributed by atoms with Crippen molar-refractivity contribution in [3.8, 4) is 0 Å². The highest BCUT2D eigenvalue weighted by Gasteiger charge is 2.32. The molecule has 2 heterocycles. The van der Waals surface area contributed by atoms with E-state index in [4.69, 9.17) is 0 Å². The van der Waals surface area contributed by atoms with E-state index in [0.29, 0.717) is 37.0 Å². The van der Waals surface area contributed by atoms with Crippen molar-refractivity contribution >= 4 is 25.8 Å². The number of nitrogens with zero attached hydrogens (tertiary/aromatic N) is 5. The quantitative estimate of drug-likeness (QED) is 0.341. The van der Waals surface area contributed by atoms with Gasteiger partial charge in [-0.2, -0.15) is 4.31 Å². The summed E-state index contributed by atoms with van der Waals surface area (Å²) in [5, 5.41) is -0.0299. The molecule has 10 nitrogen and oxygen atoms in total. The van der Waals surface area contributed by atoms with Gasteiger partial charge >= 0.3 is 0 Å². The smallest absolute Gasteiger partial charge is 0.262 e. The Hall–Kier alpha value is -2.28. The summed E-state index contributed by atoms with van der Waals surface area (Å²) in [6.07, 6.45) is 8.33. The van der Waals surface area contributed by atoms with Crippen molar-refractivity contribution < 1.29 is 21.6 Å². The molecule has 0 saturated carbocycles. The number of amides is 1. The molecule has 1 aromatic heterocycles. The first-order valence-corrected chi connectivity index (χ1v) is 16.5. The molecule has 3 rings (SSSR count). The summed E-state index contributed by atoms with van der Waals surface area (Å²) in [6, 6.07) is 7.41. The molecule has 0 spiro atoms. The molecular formula is C26H41N5O5S2. The average Bonchev–Trinajstić information content (AvgIpc) is 3.21. The van der Waals surface area contributed by atoms with Crippen LogP contribution in [-0.4, -0.2) is 98.0 Å². The normalized spacial score (nSPS) is 16.7. The summed E-state index contributed by atoms with van der Waals surface area (Å²) in [7, 11) is -5.28. The molecular weight excluding hydrogens is 526 g/mol. The van der Waals surface area contributed by atoms with Crippen molar-refractivity contribution in [3.63, 3.8) is 0 Å². The number of aromatic nitrogens is 2. The van der Waals surface area contributed by atoms with Crippen LogP contribution in [0, 0.1) is 0 Å². The average molecular weight is 568 g/mol. The third-order valence-corrected chi connectivity index (χ3v) is 9.78. The molecule has 0 bridgehead atoms. The van der Waals surface area contributed by atoms with Crippen LogP contribution in [0.3, 0.4) is 0 Å². The Morgan fingerprint density at radius 2 is 1.76 bits per heavy atom. The van der Waals surface area contributed by atoms with Crippen molar-refractivity contribution in [1.82, 2.24) is 23.7 Å². The number of imidazole rings is 1. The Morgan fingerprint density at radius 1 is 1.05 bits per heavy atom. The van der Waals surface area contributed by atoms with Gasteiger partial charge in [0.1, 0.15) is 0 Å². The Bertz CT molecular complexity index is 1280. The zero-order valence-corrected chi connectivity index (χ0v) is 24.5. The molecule has 1 fully saturated rings. The predicted octanol–water partition coefficient (Wildman–Crippen LogP) is 2.17. The van der Waals surface area contributed by atoms with Gasteiger partial charge in [-0.1, -0.05) is 19.1 Å². The van der Waals surface area contributed by atoms with Crippen molar-refractivity contribution in [3.05, 3.63) is 42.4 Å². The monoisotopic (exact) mass is 567 g/mol. The first-order chi connectivity index (χ1) is 17.9. The highest BCUT2D eigenvalue weighted by molar-refractivity contribution is 7.90. The second-order valence-corrected chi connectivity index (χ2v) is 14.1. The summed E-state index contributed by atoms with van der Waals surface area (Å²) in [6.45, 7) is 7.51. The van der Waals surface area contributed by atoms with E-state index in [1.54, 1.807) is 28.6 Å². The molecule has 1 aromatic carbocycles. The number of benzene rings is 1. The third-order valence-electron chi connectivity index (χ3n) is 6.93. The standard InChI is InChI=1S/C26H41N5O5S2/c1-5-13-29(22(2)18-23-9-11-24(12-10-23)37(4,33)34)14-6-7-15-30-16-8-17-31(20-26(30)32)38(35,36)25-19-28(3)21-27-25/h9-12,19,21-22H,5-8,13-18,20H2,1-4H3. The van der Waals surface area contributed by atoms with E-state index in [0.717, 1.165) is 44.3 Å². The number of hydrogen-bond donors (Lipinski definition) is 0. The lowest BCUT2D eigenvalue weighted by molar-refractivity contribution is -0.130. The Labute approximate surface area is 227 Å². The lowest BCUT2D eigenvalue weighted by Gasteiger charge is -2.29. The van der Waals surface area contributed by atoms with Gasteiger partial charge in [0, 0.05) is 45.2 Å². The maximum Gasteiger partial charge on any atom is 0.262 e. The van der Waals surface area contributed by atoms with Crippen molar-refractivity contribution in [2.45, 2.75) is 61.9 Å². The topological polar surface area (TPSA) is 113 Å². The largest absolute Gasteiger partial charge is 0.342 e. The van der Waals surface area contributed by atoms with Crippen molar-refractivity contribution in [1.29, 1.82) is 0 Å². The van der Waals surface area contributed by atoms with Crippen LogP contribution in [-0.2, 0) is 38.1 Å². The number of aryl methyl sites for hydroxylation is 1. The molecule has 1 saturated heterocycles. The minimum absolute atomic E-state index is 0.0299. The molecule has 1 amide bonds. The van der Waals surface area contributed by atoms with Crippen LogP contribution in [0.1, 0.15) is 45.1 Å².